The Bertz CT molecular complexity index is 1400. The summed E-state index contributed by atoms with van der Waals surface area (Å²) in [6.45, 7) is 9.62. The first kappa shape index (κ1) is 19.6. The van der Waals surface area contributed by atoms with Crippen LogP contribution in [0.5, 0.6) is 0 Å². The Morgan fingerprint density at radius 1 is 1.16 bits per heavy atom. The van der Waals surface area contributed by atoms with Crippen LogP contribution in [0.3, 0.4) is 0 Å². The highest BCUT2D eigenvalue weighted by Crippen LogP contribution is 2.27. The van der Waals surface area contributed by atoms with Crippen LogP contribution in [0, 0.1) is 19.3 Å². The molecule has 6 nitrogen and oxygen atoms in total. The van der Waals surface area contributed by atoms with Crippen molar-refractivity contribution in [3.05, 3.63) is 107 Å². The second kappa shape index (κ2) is 7.75. The van der Waals surface area contributed by atoms with Crippen molar-refractivity contribution in [3.63, 3.8) is 0 Å². The molecular formula is C25H18FN5O. The zero-order chi connectivity index (χ0) is 22.2. The molecule has 5 rings (SSSR count). The number of rotatable bonds is 4. The van der Waals surface area contributed by atoms with Gasteiger partial charge in [0.15, 0.2) is 5.69 Å². The number of hydrogen-bond donors (Lipinski definition) is 0. The first-order valence-electron chi connectivity index (χ1n) is 10.1. The smallest absolute Gasteiger partial charge is 0.256 e. The van der Waals surface area contributed by atoms with E-state index < -0.39 is 5.82 Å². The lowest BCUT2D eigenvalue weighted by atomic mass is 10.1. The van der Waals surface area contributed by atoms with E-state index in [1.165, 1.54) is 6.07 Å². The van der Waals surface area contributed by atoms with E-state index in [2.05, 4.69) is 14.9 Å². The average molecular weight is 423 g/mol. The van der Waals surface area contributed by atoms with Gasteiger partial charge in [0, 0.05) is 24.5 Å². The number of halogens is 1. The maximum absolute atomic E-state index is 14.9. The molecule has 2 aromatic carbocycles. The lowest BCUT2D eigenvalue weighted by Crippen LogP contribution is -2.23. The summed E-state index contributed by atoms with van der Waals surface area (Å²) in [5.74, 6) is -0.527. The van der Waals surface area contributed by atoms with Crippen molar-refractivity contribution in [1.82, 2.24) is 19.7 Å². The monoisotopic (exact) mass is 423 g/mol. The van der Waals surface area contributed by atoms with E-state index in [-0.39, 0.29) is 12.5 Å². The number of carbonyl (C=O) groups is 1. The summed E-state index contributed by atoms with van der Waals surface area (Å²) in [6.07, 6.45) is 3.43. The molecule has 0 N–H and O–H groups in total. The number of aromatic nitrogens is 3. The minimum atomic E-state index is -0.395. The maximum atomic E-state index is 14.9. The maximum Gasteiger partial charge on any atom is 0.256 e. The third-order valence-corrected chi connectivity index (χ3v) is 5.61. The Labute approximate surface area is 184 Å². The molecule has 0 radical (unpaired) electrons. The van der Waals surface area contributed by atoms with Crippen LogP contribution in [0.4, 0.5) is 10.1 Å². The molecule has 0 spiro atoms. The fourth-order valence-electron chi connectivity index (χ4n) is 3.88. The fraction of sp³-hybridized carbons (Fsp3) is 0.120. The zero-order valence-electron chi connectivity index (χ0n) is 17.3. The van der Waals surface area contributed by atoms with Gasteiger partial charge in [-0.3, -0.25) is 9.78 Å². The lowest BCUT2D eigenvalue weighted by molar-refractivity contribution is 0.0765. The van der Waals surface area contributed by atoms with Crippen LogP contribution in [0.2, 0.25) is 0 Å². The van der Waals surface area contributed by atoms with Gasteiger partial charge >= 0.3 is 0 Å². The molecule has 0 fully saturated rings. The van der Waals surface area contributed by atoms with Crippen molar-refractivity contribution in [1.29, 1.82) is 0 Å². The Morgan fingerprint density at radius 2 is 2.03 bits per heavy atom. The molecule has 1 amide bonds. The summed E-state index contributed by atoms with van der Waals surface area (Å²) >= 11 is 0. The number of hydrogen-bond acceptors (Lipinski definition) is 3. The van der Waals surface area contributed by atoms with E-state index >= 15 is 0 Å². The third-order valence-electron chi connectivity index (χ3n) is 5.61. The molecule has 3 heterocycles. The molecule has 0 atom stereocenters. The zero-order valence-corrected chi connectivity index (χ0v) is 17.3. The summed E-state index contributed by atoms with van der Waals surface area (Å²) in [7, 11) is 0. The molecular weight excluding hydrogens is 405 g/mol. The van der Waals surface area contributed by atoms with Gasteiger partial charge in [-0.2, -0.15) is 5.10 Å². The highest BCUT2D eigenvalue weighted by molar-refractivity contribution is 5.97. The molecule has 0 saturated heterocycles. The topological polar surface area (TPSA) is 55.4 Å². The van der Waals surface area contributed by atoms with Gasteiger partial charge in [0.2, 0.25) is 0 Å². The quantitative estimate of drug-likeness (QED) is 0.430. The summed E-state index contributed by atoms with van der Waals surface area (Å²) in [5.41, 5.74) is 5.45. The Morgan fingerprint density at radius 3 is 2.78 bits per heavy atom. The van der Waals surface area contributed by atoms with Gasteiger partial charge in [-0.25, -0.2) is 13.9 Å². The SMILES string of the molecule is [C-]#[N+]c1ccc(-c2ccn(-c3ccc(CN4Cc5ncccc5C4=O)c(F)c3)n2)cc1C. The van der Waals surface area contributed by atoms with Gasteiger partial charge < -0.3 is 4.90 Å². The Hall–Kier alpha value is -4.31. The predicted molar refractivity (Wildman–Crippen MR) is 118 cm³/mol. The normalized spacial score (nSPS) is 12.7. The van der Waals surface area contributed by atoms with Gasteiger partial charge in [-0.05, 0) is 48.4 Å². The van der Waals surface area contributed by atoms with Crippen molar-refractivity contribution in [3.8, 4) is 16.9 Å². The standard InChI is InChI=1S/C25H18FN5O/c1-16-12-17(6-8-22(16)27-2)23-9-11-31(29-23)19-7-5-18(21(26)13-19)14-30-15-24-20(25(30)32)4-3-10-28-24/h3-13H,14-15H2,1H3. The second-order valence-corrected chi connectivity index (χ2v) is 7.69. The molecule has 0 saturated carbocycles. The molecule has 7 heteroatoms. The van der Waals surface area contributed by atoms with Crippen LogP contribution in [-0.2, 0) is 13.1 Å². The number of pyridine rings is 1. The molecule has 2 aromatic heterocycles. The van der Waals surface area contributed by atoms with E-state index in [0.29, 0.717) is 29.0 Å². The second-order valence-electron chi connectivity index (χ2n) is 7.69. The molecule has 32 heavy (non-hydrogen) atoms. The summed E-state index contributed by atoms with van der Waals surface area (Å²) < 4.78 is 16.5. The van der Waals surface area contributed by atoms with Gasteiger partial charge in [0.1, 0.15) is 5.82 Å². The third kappa shape index (κ3) is 3.42. The summed E-state index contributed by atoms with van der Waals surface area (Å²) in [4.78, 5) is 21.9. The van der Waals surface area contributed by atoms with Gasteiger partial charge in [0.25, 0.3) is 5.91 Å². The van der Waals surface area contributed by atoms with Crippen LogP contribution in [0.1, 0.15) is 27.2 Å². The van der Waals surface area contributed by atoms with E-state index in [0.717, 1.165) is 22.5 Å². The molecule has 1 aliphatic rings. The minimum absolute atomic E-state index is 0.132. The number of nitrogens with zero attached hydrogens (tertiary/aromatic N) is 5. The number of aryl methyl sites for hydroxylation is 1. The van der Waals surface area contributed by atoms with E-state index in [1.54, 1.807) is 52.3 Å². The first-order chi connectivity index (χ1) is 15.5. The van der Waals surface area contributed by atoms with Gasteiger partial charge in [-0.15, -0.1) is 0 Å². The molecule has 0 unspecified atom stereocenters. The first-order valence-corrected chi connectivity index (χ1v) is 10.1. The van der Waals surface area contributed by atoms with Crippen molar-refractivity contribution in [2.75, 3.05) is 0 Å². The summed E-state index contributed by atoms with van der Waals surface area (Å²) in [6, 6.07) is 15.8. The average Bonchev–Trinajstić information content (AvgIpc) is 3.41. The molecule has 0 aliphatic carbocycles. The summed E-state index contributed by atoms with van der Waals surface area (Å²) in [5, 5.41) is 4.56. The molecule has 156 valence electrons. The minimum Gasteiger partial charge on any atom is -0.328 e. The van der Waals surface area contributed by atoms with Crippen molar-refractivity contribution >= 4 is 11.6 Å². The van der Waals surface area contributed by atoms with E-state index in [9.17, 15) is 9.18 Å². The van der Waals surface area contributed by atoms with Crippen LogP contribution >= 0.6 is 0 Å². The molecule has 1 aliphatic heterocycles. The van der Waals surface area contributed by atoms with Crippen LogP contribution in [0.15, 0.2) is 67.0 Å². The molecule has 0 bridgehead atoms. The predicted octanol–water partition coefficient (Wildman–Crippen LogP) is 5.09. The Kier molecular flexibility index (Phi) is 4.75. The number of fused-ring (bicyclic) bond motifs is 1. The van der Waals surface area contributed by atoms with E-state index in [4.69, 9.17) is 6.57 Å². The Balaban J connectivity index is 1.36. The van der Waals surface area contributed by atoms with E-state index in [1.807, 2.05) is 25.1 Å². The number of amides is 1. The van der Waals surface area contributed by atoms with Gasteiger partial charge in [0.05, 0.1) is 35.8 Å². The van der Waals surface area contributed by atoms with Crippen molar-refractivity contribution < 1.29 is 9.18 Å². The van der Waals surface area contributed by atoms with Crippen molar-refractivity contribution in [2.24, 2.45) is 0 Å². The van der Waals surface area contributed by atoms with Crippen LogP contribution in [-0.4, -0.2) is 25.6 Å². The highest BCUT2D eigenvalue weighted by Gasteiger charge is 2.28. The molecule has 4 aromatic rings. The van der Waals surface area contributed by atoms with Gasteiger partial charge in [-0.1, -0.05) is 24.3 Å². The fourth-order valence-corrected chi connectivity index (χ4v) is 3.88. The number of carbonyl (C=O) groups excluding carboxylic acids is 1. The highest BCUT2D eigenvalue weighted by atomic mass is 19.1. The van der Waals surface area contributed by atoms with Crippen LogP contribution < -0.4 is 0 Å². The lowest BCUT2D eigenvalue weighted by Gasteiger charge is -2.16. The van der Waals surface area contributed by atoms with Crippen LogP contribution in [0.25, 0.3) is 21.8 Å². The largest absolute Gasteiger partial charge is 0.328 e. The van der Waals surface area contributed by atoms with Crippen molar-refractivity contribution in [2.45, 2.75) is 20.0 Å². The number of benzene rings is 2.